The second-order valence-corrected chi connectivity index (χ2v) is 6.83. The van der Waals surface area contributed by atoms with Gasteiger partial charge in [0.05, 0.1) is 18.2 Å². The fourth-order valence-electron chi connectivity index (χ4n) is 2.01. The maximum Gasteiger partial charge on any atom is 0.250 e. The number of benzene rings is 1. The third-order valence-electron chi connectivity index (χ3n) is 3.17. The van der Waals surface area contributed by atoms with E-state index < -0.39 is 0 Å². The summed E-state index contributed by atoms with van der Waals surface area (Å²) in [7, 11) is 1.87. The molecule has 25 heavy (non-hydrogen) atoms. The predicted octanol–water partition coefficient (Wildman–Crippen LogP) is 3.08. The minimum Gasteiger partial charge on any atom is -0.463 e. The molecule has 2 heterocycles. The van der Waals surface area contributed by atoms with Crippen LogP contribution < -0.4 is 5.43 Å². The van der Waals surface area contributed by atoms with Gasteiger partial charge in [0, 0.05) is 17.1 Å². The smallest absolute Gasteiger partial charge is 0.250 e. The van der Waals surface area contributed by atoms with E-state index in [1.807, 2.05) is 35.9 Å². The summed E-state index contributed by atoms with van der Waals surface area (Å²) in [4.78, 5) is 11.8. The van der Waals surface area contributed by atoms with Crippen LogP contribution in [0.5, 0.6) is 0 Å². The standard InChI is InChI=1S/C16H14BrN5O2S/c1-22-15(11-4-2-5-12(17)8-11)20-21-16(22)25-10-14(23)19-18-9-13-6-3-7-24-13/h2-9H,10H2,1H3,(H,19,23)/b18-9-. The van der Waals surface area contributed by atoms with E-state index in [4.69, 9.17) is 4.42 Å². The zero-order valence-electron chi connectivity index (χ0n) is 13.2. The van der Waals surface area contributed by atoms with Crippen molar-refractivity contribution in [3.8, 4) is 11.4 Å². The summed E-state index contributed by atoms with van der Waals surface area (Å²) in [6.07, 6.45) is 2.98. The van der Waals surface area contributed by atoms with Crippen molar-refractivity contribution in [2.45, 2.75) is 5.16 Å². The molecule has 1 amide bonds. The van der Waals surface area contributed by atoms with E-state index in [2.05, 4.69) is 36.7 Å². The van der Waals surface area contributed by atoms with E-state index in [1.54, 1.807) is 12.1 Å². The van der Waals surface area contributed by atoms with Crippen LogP contribution in [0.4, 0.5) is 0 Å². The van der Waals surface area contributed by atoms with Gasteiger partial charge in [-0.25, -0.2) is 5.43 Å². The third-order valence-corrected chi connectivity index (χ3v) is 4.69. The van der Waals surface area contributed by atoms with Crippen molar-refractivity contribution >= 4 is 39.8 Å². The Labute approximate surface area is 156 Å². The number of nitrogens with one attached hydrogen (secondary N) is 1. The van der Waals surface area contributed by atoms with Crippen LogP contribution in [0, 0.1) is 0 Å². The van der Waals surface area contributed by atoms with E-state index in [9.17, 15) is 4.79 Å². The number of rotatable bonds is 6. The molecule has 0 saturated heterocycles. The van der Waals surface area contributed by atoms with Crippen LogP contribution in [0.2, 0.25) is 0 Å². The molecule has 0 unspecified atom stereocenters. The molecule has 0 aliphatic heterocycles. The van der Waals surface area contributed by atoms with Gasteiger partial charge in [-0.15, -0.1) is 10.2 Å². The van der Waals surface area contributed by atoms with Gasteiger partial charge in [-0.2, -0.15) is 5.10 Å². The lowest BCUT2D eigenvalue weighted by Gasteiger charge is -2.04. The van der Waals surface area contributed by atoms with Crippen molar-refractivity contribution in [1.29, 1.82) is 0 Å². The van der Waals surface area contributed by atoms with Crippen LogP contribution >= 0.6 is 27.7 Å². The Morgan fingerprint density at radius 1 is 1.40 bits per heavy atom. The van der Waals surface area contributed by atoms with Gasteiger partial charge in [0.25, 0.3) is 5.91 Å². The van der Waals surface area contributed by atoms with Crippen molar-refractivity contribution in [3.05, 3.63) is 52.9 Å². The molecular weight excluding hydrogens is 406 g/mol. The lowest BCUT2D eigenvalue weighted by molar-refractivity contribution is -0.118. The van der Waals surface area contributed by atoms with Crippen LogP contribution in [0.15, 0.2) is 61.8 Å². The van der Waals surface area contributed by atoms with Crippen LogP contribution in [-0.2, 0) is 11.8 Å². The molecule has 0 aliphatic rings. The highest BCUT2D eigenvalue weighted by Crippen LogP contribution is 2.24. The van der Waals surface area contributed by atoms with Gasteiger partial charge >= 0.3 is 0 Å². The molecule has 1 N–H and O–H groups in total. The summed E-state index contributed by atoms with van der Waals surface area (Å²) < 4.78 is 7.90. The number of nitrogens with zero attached hydrogens (tertiary/aromatic N) is 4. The number of carbonyl (C=O) groups excluding carboxylic acids is 1. The predicted molar refractivity (Wildman–Crippen MR) is 99.3 cm³/mol. The topological polar surface area (TPSA) is 85.3 Å². The van der Waals surface area contributed by atoms with Crippen molar-refractivity contribution in [3.63, 3.8) is 0 Å². The number of amides is 1. The average Bonchev–Trinajstić information content (AvgIpc) is 3.23. The summed E-state index contributed by atoms with van der Waals surface area (Å²) in [5.74, 6) is 1.25. The SMILES string of the molecule is Cn1c(SCC(=O)N/N=C\c2ccco2)nnc1-c1cccc(Br)c1. The highest BCUT2D eigenvalue weighted by Gasteiger charge is 2.13. The van der Waals surface area contributed by atoms with Crippen LogP contribution in [0.1, 0.15) is 5.76 Å². The van der Waals surface area contributed by atoms with Gasteiger partial charge in [-0.1, -0.05) is 39.8 Å². The molecule has 0 atom stereocenters. The number of hydrogen-bond acceptors (Lipinski definition) is 6. The van der Waals surface area contributed by atoms with E-state index in [0.29, 0.717) is 10.9 Å². The second kappa shape index (κ2) is 8.13. The lowest BCUT2D eigenvalue weighted by atomic mass is 10.2. The largest absolute Gasteiger partial charge is 0.463 e. The Balaban J connectivity index is 1.57. The minimum absolute atomic E-state index is 0.181. The van der Waals surface area contributed by atoms with Crippen molar-refractivity contribution < 1.29 is 9.21 Å². The summed E-state index contributed by atoms with van der Waals surface area (Å²) >= 11 is 4.73. The normalized spacial score (nSPS) is 11.1. The number of carbonyl (C=O) groups is 1. The van der Waals surface area contributed by atoms with E-state index >= 15 is 0 Å². The van der Waals surface area contributed by atoms with Gasteiger partial charge < -0.3 is 8.98 Å². The zero-order valence-corrected chi connectivity index (χ0v) is 15.6. The first-order chi connectivity index (χ1) is 12.1. The van der Waals surface area contributed by atoms with Gasteiger partial charge in [0.1, 0.15) is 5.76 Å². The number of halogens is 1. The molecule has 0 radical (unpaired) electrons. The number of hydrazone groups is 1. The maximum absolute atomic E-state index is 11.8. The maximum atomic E-state index is 11.8. The Bertz CT molecular complexity index is 892. The summed E-state index contributed by atoms with van der Waals surface area (Å²) in [5.41, 5.74) is 3.39. The fraction of sp³-hybridized carbons (Fsp3) is 0.125. The Kier molecular flexibility index (Phi) is 5.67. The molecule has 7 nitrogen and oxygen atoms in total. The molecule has 0 bridgehead atoms. The van der Waals surface area contributed by atoms with Gasteiger partial charge in [-0.3, -0.25) is 4.79 Å². The van der Waals surface area contributed by atoms with Crippen LogP contribution in [-0.4, -0.2) is 32.6 Å². The second-order valence-electron chi connectivity index (χ2n) is 4.97. The van der Waals surface area contributed by atoms with E-state index in [1.165, 1.54) is 24.2 Å². The molecule has 3 aromatic rings. The van der Waals surface area contributed by atoms with Crippen molar-refractivity contribution in [2.24, 2.45) is 12.1 Å². The molecule has 9 heteroatoms. The highest BCUT2D eigenvalue weighted by molar-refractivity contribution is 9.10. The Morgan fingerprint density at radius 2 is 2.28 bits per heavy atom. The van der Waals surface area contributed by atoms with Crippen molar-refractivity contribution in [1.82, 2.24) is 20.2 Å². The quantitative estimate of drug-likeness (QED) is 0.376. The molecule has 2 aromatic heterocycles. The first-order valence-electron chi connectivity index (χ1n) is 7.27. The number of thioether (sulfide) groups is 1. The Morgan fingerprint density at radius 3 is 3.04 bits per heavy atom. The highest BCUT2D eigenvalue weighted by atomic mass is 79.9. The monoisotopic (exact) mass is 419 g/mol. The third kappa shape index (κ3) is 4.58. The minimum atomic E-state index is -0.236. The van der Waals surface area contributed by atoms with Crippen LogP contribution in [0.25, 0.3) is 11.4 Å². The summed E-state index contributed by atoms with van der Waals surface area (Å²) in [5, 5.41) is 12.8. The fourth-order valence-corrected chi connectivity index (χ4v) is 3.12. The van der Waals surface area contributed by atoms with Gasteiger partial charge in [0.15, 0.2) is 11.0 Å². The van der Waals surface area contributed by atoms with E-state index in [0.717, 1.165) is 15.9 Å². The number of furan rings is 1. The van der Waals surface area contributed by atoms with Crippen molar-refractivity contribution in [2.75, 3.05) is 5.75 Å². The summed E-state index contributed by atoms with van der Waals surface area (Å²) in [6, 6.07) is 11.3. The van der Waals surface area contributed by atoms with E-state index in [-0.39, 0.29) is 11.7 Å². The molecule has 0 aliphatic carbocycles. The molecule has 1 aromatic carbocycles. The first-order valence-corrected chi connectivity index (χ1v) is 9.05. The molecule has 0 saturated carbocycles. The van der Waals surface area contributed by atoms with Crippen LogP contribution in [0.3, 0.4) is 0 Å². The van der Waals surface area contributed by atoms with Gasteiger partial charge in [0.2, 0.25) is 0 Å². The average molecular weight is 420 g/mol. The number of hydrogen-bond donors (Lipinski definition) is 1. The molecule has 0 spiro atoms. The zero-order chi connectivity index (χ0) is 17.6. The van der Waals surface area contributed by atoms with Gasteiger partial charge in [-0.05, 0) is 24.3 Å². The molecule has 128 valence electrons. The lowest BCUT2D eigenvalue weighted by Crippen LogP contribution is -2.19. The number of aromatic nitrogens is 3. The molecule has 3 rings (SSSR count). The first kappa shape index (κ1) is 17.4. The molecule has 0 fully saturated rings. The Hall–Kier alpha value is -2.39. The summed E-state index contributed by atoms with van der Waals surface area (Å²) in [6.45, 7) is 0. The molecular formula is C16H14BrN5O2S.